The molecular formula is C20H26FN3O4. The third-order valence-electron chi connectivity index (χ3n) is 4.99. The standard InChI is InChI=1S/C20H26FN3O4/c1-3-5-10-28-19-16-13(18(25)14(20(26)27)12-23(16)4-2)11-15(21)17(19)24-8-6-22-7-9-24/h11-12,22H,3-10H2,1-2H3,(H,26,27). The topological polar surface area (TPSA) is 83.8 Å². The van der Waals surface area contributed by atoms with Crippen molar-refractivity contribution in [2.45, 2.75) is 33.2 Å². The number of halogens is 1. The van der Waals surface area contributed by atoms with Gasteiger partial charge in [0.2, 0.25) is 5.43 Å². The minimum Gasteiger partial charge on any atom is -0.489 e. The van der Waals surface area contributed by atoms with Gasteiger partial charge in [0.1, 0.15) is 11.3 Å². The largest absolute Gasteiger partial charge is 0.489 e. The molecule has 1 aromatic heterocycles. The first-order valence-corrected chi connectivity index (χ1v) is 9.71. The number of unbranched alkanes of at least 4 members (excludes halogenated alkanes) is 1. The fourth-order valence-corrected chi connectivity index (χ4v) is 3.53. The second-order valence-electron chi connectivity index (χ2n) is 6.83. The van der Waals surface area contributed by atoms with Gasteiger partial charge in [0.25, 0.3) is 0 Å². The Morgan fingerprint density at radius 3 is 2.64 bits per heavy atom. The molecule has 2 aromatic rings. The lowest BCUT2D eigenvalue weighted by atomic mass is 10.1. The molecule has 2 N–H and O–H groups in total. The van der Waals surface area contributed by atoms with Crippen LogP contribution in [0.25, 0.3) is 10.9 Å². The molecule has 0 bridgehead atoms. The fourth-order valence-electron chi connectivity index (χ4n) is 3.53. The second-order valence-corrected chi connectivity index (χ2v) is 6.83. The highest BCUT2D eigenvalue weighted by Crippen LogP contribution is 2.38. The molecule has 1 aliphatic heterocycles. The zero-order valence-corrected chi connectivity index (χ0v) is 16.3. The number of piperazine rings is 1. The number of carboxylic acid groups (broad SMARTS) is 1. The Bertz CT molecular complexity index is 935. The summed E-state index contributed by atoms with van der Waals surface area (Å²) >= 11 is 0. The SMILES string of the molecule is CCCCOc1c(N2CCNCC2)c(F)cc2c(=O)c(C(=O)O)cn(CC)c12. The first-order chi connectivity index (χ1) is 13.5. The Morgan fingerprint density at radius 2 is 2.04 bits per heavy atom. The zero-order valence-electron chi connectivity index (χ0n) is 16.3. The maximum absolute atomic E-state index is 15.2. The summed E-state index contributed by atoms with van der Waals surface area (Å²) in [5.41, 5.74) is -0.278. The highest BCUT2D eigenvalue weighted by molar-refractivity contribution is 5.97. The molecule has 1 aromatic carbocycles. The number of carboxylic acids is 1. The number of aromatic carboxylic acids is 1. The highest BCUT2D eigenvalue weighted by atomic mass is 19.1. The summed E-state index contributed by atoms with van der Waals surface area (Å²) in [6, 6.07) is 1.15. The second kappa shape index (κ2) is 8.60. The van der Waals surface area contributed by atoms with Crippen LogP contribution in [-0.4, -0.2) is 48.4 Å². The van der Waals surface area contributed by atoms with Gasteiger partial charge in [0, 0.05) is 38.9 Å². The van der Waals surface area contributed by atoms with Crippen LogP contribution >= 0.6 is 0 Å². The number of benzene rings is 1. The van der Waals surface area contributed by atoms with Crippen molar-refractivity contribution >= 4 is 22.6 Å². The fraction of sp³-hybridized carbons (Fsp3) is 0.500. The van der Waals surface area contributed by atoms with Gasteiger partial charge in [-0.3, -0.25) is 4.79 Å². The number of aryl methyl sites for hydroxylation is 1. The number of fused-ring (bicyclic) bond motifs is 1. The number of ether oxygens (including phenoxy) is 1. The molecule has 0 spiro atoms. The van der Waals surface area contributed by atoms with Gasteiger partial charge in [-0.1, -0.05) is 13.3 Å². The van der Waals surface area contributed by atoms with E-state index in [1.807, 2.05) is 18.7 Å². The molecule has 0 aliphatic carbocycles. The third-order valence-corrected chi connectivity index (χ3v) is 4.99. The number of rotatable bonds is 7. The van der Waals surface area contributed by atoms with Gasteiger partial charge >= 0.3 is 5.97 Å². The normalized spacial score (nSPS) is 14.5. The van der Waals surface area contributed by atoms with Crippen LogP contribution < -0.4 is 20.4 Å². The molecule has 8 heteroatoms. The van der Waals surface area contributed by atoms with Crippen molar-refractivity contribution < 1.29 is 19.0 Å². The van der Waals surface area contributed by atoms with Crippen molar-refractivity contribution in [3.8, 4) is 5.75 Å². The minimum absolute atomic E-state index is 0.0321. The number of aromatic nitrogens is 1. The van der Waals surface area contributed by atoms with Gasteiger partial charge in [-0.15, -0.1) is 0 Å². The van der Waals surface area contributed by atoms with Gasteiger partial charge in [-0.2, -0.15) is 0 Å². The first kappa shape index (κ1) is 20.1. The van der Waals surface area contributed by atoms with Crippen LogP contribution in [0.3, 0.4) is 0 Å². The van der Waals surface area contributed by atoms with Crippen LogP contribution in [0, 0.1) is 5.82 Å². The van der Waals surface area contributed by atoms with E-state index in [1.165, 1.54) is 6.20 Å². The van der Waals surface area contributed by atoms with E-state index in [-0.39, 0.29) is 10.9 Å². The van der Waals surface area contributed by atoms with Crippen molar-refractivity contribution in [1.29, 1.82) is 0 Å². The molecule has 1 aliphatic rings. The molecule has 1 fully saturated rings. The van der Waals surface area contributed by atoms with Crippen LogP contribution in [0.2, 0.25) is 0 Å². The summed E-state index contributed by atoms with van der Waals surface area (Å²) in [7, 11) is 0. The predicted molar refractivity (Wildman–Crippen MR) is 106 cm³/mol. The van der Waals surface area contributed by atoms with Crippen molar-refractivity contribution in [2.24, 2.45) is 0 Å². The first-order valence-electron chi connectivity index (χ1n) is 9.71. The lowest BCUT2D eigenvalue weighted by Gasteiger charge is -2.32. The van der Waals surface area contributed by atoms with E-state index in [2.05, 4.69) is 5.32 Å². The van der Waals surface area contributed by atoms with E-state index in [9.17, 15) is 14.7 Å². The molecule has 0 unspecified atom stereocenters. The molecule has 3 rings (SSSR count). The van der Waals surface area contributed by atoms with Crippen molar-refractivity contribution in [1.82, 2.24) is 9.88 Å². The Labute approximate surface area is 162 Å². The van der Waals surface area contributed by atoms with E-state index in [0.29, 0.717) is 43.2 Å². The zero-order chi connectivity index (χ0) is 20.3. The molecule has 2 heterocycles. The van der Waals surface area contributed by atoms with E-state index in [4.69, 9.17) is 4.74 Å². The van der Waals surface area contributed by atoms with Crippen molar-refractivity contribution in [3.63, 3.8) is 0 Å². The van der Waals surface area contributed by atoms with E-state index >= 15 is 4.39 Å². The number of anilines is 1. The number of carbonyl (C=O) groups is 1. The number of pyridine rings is 1. The molecule has 28 heavy (non-hydrogen) atoms. The summed E-state index contributed by atoms with van der Waals surface area (Å²) in [6.07, 6.45) is 3.03. The summed E-state index contributed by atoms with van der Waals surface area (Å²) in [5, 5.41) is 12.6. The molecule has 152 valence electrons. The van der Waals surface area contributed by atoms with Crippen LogP contribution in [-0.2, 0) is 6.54 Å². The summed E-state index contributed by atoms with van der Waals surface area (Å²) in [6.45, 7) is 7.40. The van der Waals surface area contributed by atoms with Gasteiger partial charge in [-0.25, -0.2) is 9.18 Å². The molecule has 0 radical (unpaired) electrons. The number of hydrogen-bond acceptors (Lipinski definition) is 5. The molecule has 0 atom stereocenters. The van der Waals surface area contributed by atoms with Crippen LogP contribution in [0.4, 0.5) is 10.1 Å². The van der Waals surface area contributed by atoms with E-state index in [1.54, 1.807) is 4.57 Å². The average molecular weight is 391 g/mol. The molecule has 0 saturated carbocycles. The lowest BCUT2D eigenvalue weighted by Crippen LogP contribution is -2.44. The van der Waals surface area contributed by atoms with Gasteiger partial charge < -0.3 is 24.6 Å². The Hall–Kier alpha value is -2.61. The number of nitrogens with one attached hydrogen (secondary N) is 1. The van der Waals surface area contributed by atoms with Crippen molar-refractivity contribution in [2.75, 3.05) is 37.7 Å². The Balaban J connectivity index is 2.31. The van der Waals surface area contributed by atoms with E-state index in [0.717, 1.165) is 32.0 Å². The third kappa shape index (κ3) is 3.69. The number of hydrogen-bond donors (Lipinski definition) is 2. The maximum atomic E-state index is 15.2. The molecule has 0 amide bonds. The summed E-state index contributed by atoms with van der Waals surface area (Å²) in [5.74, 6) is -1.57. The minimum atomic E-state index is -1.32. The van der Waals surface area contributed by atoms with Crippen LogP contribution in [0.1, 0.15) is 37.0 Å². The van der Waals surface area contributed by atoms with Crippen LogP contribution in [0.5, 0.6) is 5.75 Å². The van der Waals surface area contributed by atoms with E-state index < -0.39 is 17.2 Å². The molecule has 1 saturated heterocycles. The molecular weight excluding hydrogens is 365 g/mol. The Kier molecular flexibility index (Phi) is 6.18. The quantitative estimate of drug-likeness (QED) is 0.706. The predicted octanol–water partition coefficient (Wildman–Crippen LogP) is 2.45. The number of nitrogens with zero attached hydrogens (tertiary/aromatic N) is 2. The van der Waals surface area contributed by atoms with Crippen LogP contribution in [0.15, 0.2) is 17.1 Å². The average Bonchev–Trinajstić information content (AvgIpc) is 2.69. The maximum Gasteiger partial charge on any atom is 0.341 e. The summed E-state index contributed by atoms with van der Waals surface area (Å²) in [4.78, 5) is 26.1. The summed E-state index contributed by atoms with van der Waals surface area (Å²) < 4.78 is 22.9. The van der Waals surface area contributed by atoms with Crippen molar-refractivity contribution in [3.05, 3.63) is 33.9 Å². The Morgan fingerprint density at radius 1 is 1.32 bits per heavy atom. The van der Waals surface area contributed by atoms with Gasteiger partial charge in [0.15, 0.2) is 11.6 Å². The van der Waals surface area contributed by atoms with Gasteiger partial charge in [-0.05, 0) is 19.4 Å². The smallest absolute Gasteiger partial charge is 0.341 e. The monoisotopic (exact) mass is 391 g/mol. The molecule has 7 nitrogen and oxygen atoms in total. The lowest BCUT2D eigenvalue weighted by molar-refractivity contribution is 0.0695. The van der Waals surface area contributed by atoms with Gasteiger partial charge in [0.05, 0.1) is 17.5 Å². The highest BCUT2D eigenvalue weighted by Gasteiger charge is 2.26.